The van der Waals surface area contributed by atoms with Crippen molar-refractivity contribution < 1.29 is 28.6 Å². The quantitative estimate of drug-likeness (QED) is 0.0261. The van der Waals surface area contributed by atoms with Gasteiger partial charge in [0.05, 0.1) is 0 Å². The van der Waals surface area contributed by atoms with Gasteiger partial charge in [0.2, 0.25) is 0 Å². The Morgan fingerprint density at radius 3 is 0.795 bits per heavy atom. The molecule has 0 aliphatic carbocycles. The van der Waals surface area contributed by atoms with Gasteiger partial charge in [-0.1, -0.05) is 268 Å². The first kappa shape index (κ1) is 70.4. The Morgan fingerprint density at radius 2 is 0.493 bits per heavy atom. The fourth-order valence-corrected chi connectivity index (χ4v) is 9.41. The number of carbonyl (C=O) groups is 3. The largest absolute Gasteiger partial charge is 0.462 e. The maximum atomic E-state index is 12.9. The molecule has 0 aliphatic rings. The fourth-order valence-electron chi connectivity index (χ4n) is 9.41. The molecule has 6 heteroatoms. The number of hydrogen-bond acceptors (Lipinski definition) is 6. The first-order chi connectivity index (χ1) is 36.0. The van der Waals surface area contributed by atoms with Crippen LogP contribution in [-0.2, 0) is 28.6 Å². The van der Waals surface area contributed by atoms with Crippen molar-refractivity contribution in [1.82, 2.24) is 0 Å². The van der Waals surface area contributed by atoms with E-state index in [1.165, 1.54) is 231 Å². The topological polar surface area (TPSA) is 78.9 Å². The molecule has 1 unspecified atom stereocenters. The predicted octanol–water partition coefficient (Wildman–Crippen LogP) is 21.8. The van der Waals surface area contributed by atoms with Crippen LogP contribution < -0.4 is 0 Å². The number of carbonyl (C=O) groups excluding carboxylic acids is 3. The lowest BCUT2D eigenvalue weighted by Crippen LogP contribution is -2.30. The van der Waals surface area contributed by atoms with Gasteiger partial charge in [-0.15, -0.1) is 0 Å². The maximum Gasteiger partial charge on any atom is 0.306 e. The monoisotopic (exact) mass is 1020 g/mol. The minimum absolute atomic E-state index is 0.0776. The number of ether oxygens (including phenoxy) is 3. The molecular formula is C67H122O6. The molecule has 0 saturated carbocycles. The number of rotatable bonds is 59. The maximum absolute atomic E-state index is 12.9. The van der Waals surface area contributed by atoms with Gasteiger partial charge in [-0.25, -0.2) is 0 Å². The van der Waals surface area contributed by atoms with Crippen LogP contribution in [-0.4, -0.2) is 37.2 Å². The second-order valence-corrected chi connectivity index (χ2v) is 21.7. The summed E-state index contributed by atoms with van der Waals surface area (Å²) in [6.07, 6.45) is 76.8. The summed E-state index contributed by atoms with van der Waals surface area (Å²) in [5, 5.41) is 0. The molecule has 0 N–H and O–H groups in total. The first-order valence-corrected chi connectivity index (χ1v) is 32.1. The zero-order chi connectivity index (χ0) is 52.9. The van der Waals surface area contributed by atoms with Crippen LogP contribution in [0.1, 0.15) is 342 Å². The zero-order valence-corrected chi connectivity index (χ0v) is 48.9. The van der Waals surface area contributed by atoms with Crippen molar-refractivity contribution in [3.63, 3.8) is 0 Å². The van der Waals surface area contributed by atoms with Crippen LogP contribution in [0.2, 0.25) is 0 Å². The molecule has 0 spiro atoms. The lowest BCUT2D eigenvalue weighted by atomic mass is 10.1. The van der Waals surface area contributed by atoms with Crippen molar-refractivity contribution in [2.75, 3.05) is 13.2 Å². The van der Waals surface area contributed by atoms with Crippen LogP contribution in [0, 0.1) is 0 Å². The van der Waals surface area contributed by atoms with Gasteiger partial charge in [0, 0.05) is 19.3 Å². The SMILES string of the molecule is CCCCC/C=C\C/C=C\CCCCCCCCCC(=O)OCC(COC(=O)CCCCCCCCC/C=C\CCCCCCCCCC)OC(=O)CCCCCCCCC/C=C\CCCCCCCCCC. The summed E-state index contributed by atoms with van der Waals surface area (Å²) in [4.78, 5) is 38.3. The highest BCUT2D eigenvalue weighted by molar-refractivity contribution is 5.71. The van der Waals surface area contributed by atoms with Crippen LogP contribution in [0.4, 0.5) is 0 Å². The minimum Gasteiger partial charge on any atom is -0.462 e. The molecule has 0 aromatic heterocycles. The lowest BCUT2D eigenvalue weighted by Gasteiger charge is -2.18. The van der Waals surface area contributed by atoms with Crippen molar-refractivity contribution >= 4 is 17.9 Å². The third kappa shape index (κ3) is 60.1. The van der Waals surface area contributed by atoms with E-state index in [0.717, 1.165) is 70.6 Å². The van der Waals surface area contributed by atoms with Crippen LogP contribution >= 0.6 is 0 Å². The van der Waals surface area contributed by atoms with Gasteiger partial charge >= 0.3 is 17.9 Å². The molecular weight excluding hydrogens is 901 g/mol. The summed E-state index contributed by atoms with van der Waals surface area (Å²) in [7, 11) is 0. The van der Waals surface area contributed by atoms with Gasteiger partial charge in [0.25, 0.3) is 0 Å². The van der Waals surface area contributed by atoms with E-state index in [9.17, 15) is 14.4 Å². The van der Waals surface area contributed by atoms with E-state index in [0.29, 0.717) is 19.3 Å². The van der Waals surface area contributed by atoms with Crippen molar-refractivity contribution in [1.29, 1.82) is 0 Å². The molecule has 0 aromatic rings. The molecule has 0 rings (SSSR count). The molecule has 0 heterocycles. The van der Waals surface area contributed by atoms with Gasteiger partial charge < -0.3 is 14.2 Å². The summed E-state index contributed by atoms with van der Waals surface area (Å²) < 4.78 is 16.9. The molecule has 0 fully saturated rings. The summed E-state index contributed by atoms with van der Waals surface area (Å²) in [5.74, 6) is -0.874. The van der Waals surface area contributed by atoms with E-state index in [4.69, 9.17) is 14.2 Å². The van der Waals surface area contributed by atoms with E-state index in [1.807, 2.05) is 0 Å². The van der Waals surface area contributed by atoms with E-state index in [2.05, 4.69) is 69.4 Å². The smallest absolute Gasteiger partial charge is 0.306 e. The summed E-state index contributed by atoms with van der Waals surface area (Å²) in [6.45, 7) is 6.65. The highest BCUT2D eigenvalue weighted by atomic mass is 16.6. The molecule has 0 amide bonds. The molecule has 1 atom stereocenters. The predicted molar refractivity (Wildman–Crippen MR) is 316 cm³/mol. The first-order valence-electron chi connectivity index (χ1n) is 32.1. The van der Waals surface area contributed by atoms with Gasteiger partial charge in [-0.3, -0.25) is 14.4 Å². The molecule has 0 aliphatic heterocycles. The number of hydrogen-bond donors (Lipinski definition) is 0. The van der Waals surface area contributed by atoms with Crippen LogP contribution in [0.25, 0.3) is 0 Å². The third-order valence-corrected chi connectivity index (χ3v) is 14.3. The average molecular weight is 1020 g/mol. The molecule has 0 radical (unpaired) electrons. The van der Waals surface area contributed by atoms with Crippen molar-refractivity contribution in [3.05, 3.63) is 48.6 Å². The summed E-state index contributed by atoms with van der Waals surface area (Å²) in [5.41, 5.74) is 0. The van der Waals surface area contributed by atoms with Crippen LogP contribution in [0.15, 0.2) is 48.6 Å². The van der Waals surface area contributed by atoms with Crippen molar-refractivity contribution in [2.24, 2.45) is 0 Å². The fraction of sp³-hybridized carbons (Fsp3) is 0.836. The zero-order valence-electron chi connectivity index (χ0n) is 48.9. The van der Waals surface area contributed by atoms with Crippen molar-refractivity contribution in [3.8, 4) is 0 Å². The van der Waals surface area contributed by atoms with E-state index >= 15 is 0 Å². The Kier molecular flexibility index (Phi) is 59.7. The molecule has 73 heavy (non-hydrogen) atoms. The Labute approximate surface area is 454 Å². The molecule has 426 valence electrons. The lowest BCUT2D eigenvalue weighted by molar-refractivity contribution is -0.167. The Morgan fingerprint density at radius 1 is 0.274 bits per heavy atom. The normalized spacial score (nSPS) is 12.3. The second-order valence-electron chi connectivity index (χ2n) is 21.7. The van der Waals surface area contributed by atoms with Gasteiger partial charge in [-0.05, 0) is 103 Å². The van der Waals surface area contributed by atoms with Crippen LogP contribution in [0.3, 0.4) is 0 Å². The van der Waals surface area contributed by atoms with Gasteiger partial charge in [0.15, 0.2) is 6.10 Å². The molecule has 6 nitrogen and oxygen atoms in total. The number of esters is 3. The third-order valence-electron chi connectivity index (χ3n) is 14.3. The van der Waals surface area contributed by atoms with Crippen LogP contribution in [0.5, 0.6) is 0 Å². The van der Waals surface area contributed by atoms with E-state index < -0.39 is 6.10 Å². The number of allylic oxidation sites excluding steroid dienone is 8. The van der Waals surface area contributed by atoms with Gasteiger partial charge in [0.1, 0.15) is 13.2 Å². The summed E-state index contributed by atoms with van der Waals surface area (Å²) in [6, 6.07) is 0. The molecule has 0 aromatic carbocycles. The van der Waals surface area contributed by atoms with E-state index in [-0.39, 0.29) is 31.1 Å². The standard InChI is InChI=1S/C67H122O6/c1-4-7-10-13-16-19-22-25-28-31-33-36-39-42-45-48-51-54-57-60-66(69)72-63-64(62-71-65(68)59-56-53-50-47-44-41-38-35-30-27-24-21-18-15-12-9-6-3)73-67(70)61-58-55-52-49-46-43-40-37-34-32-29-26-23-20-17-14-11-8-5-2/h18,21,27,30-34,64H,4-17,19-20,22-26,28-29,35-63H2,1-3H3/b21-18-,30-27-,33-31-,34-32-. The Balaban J connectivity index is 4.37. The summed E-state index contributed by atoms with van der Waals surface area (Å²) >= 11 is 0. The minimum atomic E-state index is -0.781. The highest BCUT2D eigenvalue weighted by Crippen LogP contribution is 2.16. The number of unbranched alkanes of at least 4 members (excludes halogenated alkanes) is 40. The Hall–Kier alpha value is -2.63. The van der Waals surface area contributed by atoms with E-state index in [1.54, 1.807) is 0 Å². The molecule has 0 bridgehead atoms. The average Bonchev–Trinajstić information content (AvgIpc) is 3.39. The second kappa shape index (κ2) is 61.9. The van der Waals surface area contributed by atoms with Crippen molar-refractivity contribution in [2.45, 2.75) is 348 Å². The Bertz CT molecular complexity index is 1270. The highest BCUT2D eigenvalue weighted by Gasteiger charge is 2.19. The van der Waals surface area contributed by atoms with Gasteiger partial charge in [-0.2, -0.15) is 0 Å². The molecule has 0 saturated heterocycles.